The largest absolute Gasteiger partial charge is 0.493 e. The fourth-order valence-electron chi connectivity index (χ4n) is 2.88. The Morgan fingerprint density at radius 3 is 2.47 bits per heavy atom. The van der Waals surface area contributed by atoms with Crippen LogP contribution in [0, 0.1) is 3.57 Å². The lowest BCUT2D eigenvalue weighted by Crippen LogP contribution is -2.35. The predicted molar refractivity (Wildman–Crippen MR) is 136 cm³/mol. The highest BCUT2D eigenvalue weighted by Crippen LogP contribution is 2.37. The minimum Gasteiger partial charge on any atom is -0.493 e. The van der Waals surface area contributed by atoms with Crippen LogP contribution in [-0.4, -0.2) is 47.7 Å². The molecule has 2 aromatic carbocycles. The number of amides is 2. The SMILES string of the molecule is COc1cc(/C=C2\SC(=O)N(CC(=O)OC(C)C)C2=O)cc(I)c1OC(=O)c1ccc(Cl)cc1. The van der Waals surface area contributed by atoms with Crippen LogP contribution in [0.5, 0.6) is 11.5 Å². The molecule has 0 N–H and O–H groups in total. The number of thioether (sulfide) groups is 1. The van der Waals surface area contributed by atoms with E-state index in [-0.39, 0.29) is 22.5 Å². The van der Waals surface area contributed by atoms with E-state index in [1.807, 2.05) is 22.6 Å². The zero-order valence-corrected chi connectivity index (χ0v) is 22.0. The van der Waals surface area contributed by atoms with Gasteiger partial charge in [0, 0.05) is 5.02 Å². The molecule has 0 spiro atoms. The molecule has 2 amide bonds. The third-order valence-electron chi connectivity index (χ3n) is 4.35. The van der Waals surface area contributed by atoms with Crippen LogP contribution in [0.4, 0.5) is 4.79 Å². The van der Waals surface area contributed by atoms with Crippen LogP contribution in [0.15, 0.2) is 41.3 Å². The van der Waals surface area contributed by atoms with Gasteiger partial charge in [0.2, 0.25) is 0 Å². The molecule has 0 unspecified atom stereocenters. The minimum atomic E-state index is -0.665. The zero-order chi connectivity index (χ0) is 25.0. The van der Waals surface area contributed by atoms with E-state index in [0.717, 1.165) is 16.7 Å². The lowest BCUT2D eigenvalue weighted by molar-refractivity contribution is -0.149. The maximum absolute atomic E-state index is 12.7. The van der Waals surface area contributed by atoms with E-state index >= 15 is 0 Å². The van der Waals surface area contributed by atoms with Gasteiger partial charge in [-0.05, 0) is 96.2 Å². The molecule has 178 valence electrons. The quantitative estimate of drug-likeness (QED) is 0.182. The van der Waals surface area contributed by atoms with Gasteiger partial charge in [-0.15, -0.1) is 0 Å². The van der Waals surface area contributed by atoms with E-state index in [9.17, 15) is 19.2 Å². The van der Waals surface area contributed by atoms with Crippen LogP contribution in [-0.2, 0) is 14.3 Å². The van der Waals surface area contributed by atoms with Gasteiger partial charge in [0.25, 0.3) is 11.1 Å². The van der Waals surface area contributed by atoms with Gasteiger partial charge >= 0.3 is 11.9 Å². The smallest absolute Gasteiger partial charge is 0.343 e. The lowest BCUT2D eigenvalue weighted by Gasteiger charge is -2.13. The fraction of sp³-hybridized carbons (Fsp3) is 0.217. The molecule has 1 saturated heterocycles. The summed E-state index contributed by atoms with van der Waals surface area (Å²) < 4.78 is 16.5. The number of ether oxygens (including phenoxy) is 3. The monoisotopic (exact) mass is 615 g/mol. The van der Waals surface area contributed by atoms with Gasteiger partial charge in [-0.25, -0.2) is 4.79 Å². The van der Waals surface area contributed by atoms with Crippen LogP contribution >= 0.6 is 46.0 Å². The topological polar surface area (TPSA) is 99.2 Å². The van der Waals surface area contributed by atoms with Crippen molar-refractivity contribution in [1.82, 2.24) is 4.90 Å². The molecule has 0 atom stereocenters. The molecule has 2 aromatic rings. The van der Waals surface area contributed by atoms with Gasteiger partial charge in [-0.3, -0.25) is 19.3 Å². The van der Waals surface area contributed by atoms with Crippen molar-refractivity contribution in [3.8, 4) is 11.5 Å². The summed E-state index contributed by atoms with van der Waals surface area (Å²) in [7, 11) is 1.42. The van der Waals surface area contributed by atoms with Crippen LogP contribution in [0.3, 0.4) is 0 Å². The van der Waals surface area contributed by atoms with Crippen molar-refractivity contribution < 1.29 is 33.4 Å². The Kier molecular flexibility index (Phi) is 8.61. The molecule has 8 nitrogen and oxygen atoms in total. The summed E-state index contributed by atoms with van der Waals surface area (Å²) in [6.45, 7) is 2.90. The molecular formula is C23H19ClINO7S. The lowest BCUT2D eigenvalue weighted by atomic mass is 10.1. The molecule has 3 rings (SSSR count). The number of hydrogen-bond donors (Lipinski definition) is 0. The van der Waals surface area contributed by atoms with Gasteiger partial charge in [0.05, 0.1) is 27.3 Å². The second kappa shape index (κ2) is 11.2. The van der Waals surface area contributed by atoms with E-state index in [4.69, 9.17) is 25.8 Å². The van der Waals surface area contributed by atoms with Gasteiger partial charge in [0.15, 0.2) is 11.5 Å². The standard InChI is InChI=1S/C23H19ClINO7S/c1-12(2)32-19(27)11-26-21(28)18(34-23(26)30)10-13-8-16(25)20(17(9-13)31-3)33-22(29)14-4-6-15(24)7-5-14/h4-10,12H,11H2,1-3H3/b18-10-. The van der Waals surface area contributed by atoms with Gasteiger partial charge in [0.1, 0.15) is 6.54 Å². The Morgan fingerprint density at radius 1 is 1.18 bits per heavy atom. The Bertz CT molecular complexity index is 1180. The number of esters is 2. The summed E-state index contributed by atoms with van der Waals surface area (Å²) in [5, 5.41) is -0.0681. The molecule has 0 saturated carbocycles. The summed E-state index contributed by atoms with van der Waals surface area (Å²) in [5.74, 6) is -1.37. The second-order valence-electron chi connectivity index (χ2n) is 7.24. The number of carbonyl (C=O) groups is 4. The molecule has 1 aliphatic rings. The maximum Gasteiger partial charge on any atom is 0.343 e. The average molecular weight is 616 g/mol. The Balaban J connectivity index is 1.81. The normalized spacial score (nSPS) is 14.6. The number of benzene rings is 2. The molecule has 0 aliphatic carbocycles. The van der Waals surface area contributed by atoms with E-state index in [0.29, 0.717) is 19.7 Å². The highest BCUT2D eigenvalue weighted by atomic mass is 127. The van der Waals surface area contributed by atoms with Crippen molar-refractivity contribution >= 4 is 75.1 Å². The Morgan fingerprint density at radius 2 is 1.85 bits per heavy atom. The molecule has 0 bridgehead atoms. The molecule has 34 heavy (non-hydrogen) atoms. The number of methoxy groups -OCH3 is 1. The number of halogens is 2. The number of carbonyl (C=O) groups excluding carboxylic acids is 4. The van der Waals surface area contributed by atoms with Crippen molar-refractivity contribution in [3.63, 3.8) is 0 Å². The Hall–Kier alpha value is -2.57. The highest BCUT2D eigenvalue weighted by molar-refractivity contribution is 14.1. The summed E-state index contributed by atoms with van der Waals surface area (Å²) in [5.41, 5.74) is 0.860. The van der Waals surface area contributed by atoms with E-state index < -0.39 is 29.6 Å². The maximum atomic E-state index is 12.7. The molecule has 11 heteroatoms. The Labute approximate surface area is 218 Å². The average Bonchev–Trinajstić information content (AvgIpc) is 3.02. The van der Waals surface area contributed by atoms with Crippen LogP contribution in [0.1, 0.15) is 29.8 Å². The van der Waals surface area contributed by atoms with Crippen molar-refractivity contribution in [2.75, 3.05) is 13.7 Å². The molecule has 0 radical (unpaired) electrons. The zero-order valence-electron chi connectivity index (χ0n) is 18.3. The van der Waals surface area contributed by atoms with Crippen LogP contribution < -0.4 is 9.47 Å². The van der Waals surface area contributed by atoms with Crippen LogP contribution in [0.2, 0.25) is 5.02 Å². The second-order valence-corrected chi connectivity index (χ2v) is 9.83. The molecule has 1 fully saturated rings. The highest BCUT2D eigenvalue weighted by Gasteiger charge is 2.37. The number of rotatable bonds is 7. The third kappa shape index (κ3) is 6.30. The van der Waals surface area contributed by atoms with E-state index in [1.165, 1.54) is 13.2 Å². The molecule has 1 aliphatic heterocycles. The fourth-order valence-corrected chi connectivity index (χ4v) is 4.58. The first-order valence-electron chi connectivity index (χ1n) is 9.89. The predicted octanol–water partition coefficient (Wildman–Crippen LogP) is 5.16. The first kappa shape index (κ1) is 26.0. The molecule has 1 heterocycles. The van der Waals surface area contributed by atoms with E-state index in [1.54, 1.807) is 50.2 Å². The first-order valence-corrected chi connectivity index (χ1v) is 12.2. The summed E-state index contributed by atoms with van der Waals surface area (Å²) in [6.07, 6.45) is 1.15. The molecule has 0 aromatic heterocycles. The van der Waals surface area contributed by atoms with Crippen molar-refractivity contribution in [1.29, 1.82) is 0 Å². The van der Waals surface area contributed by atoms with Crippen molar-refractivity contribution in [3.05, 3.63) is 61.0 Å². The van der Waals surface area contributed by atoms with Gasteiger partial charge in [-0.2, -0.15) is 0 Å². The van der Waals surface area contributed by atoms with E-state index in [2.05, 4.69) is 0 Å². The van der Waals surface area contributed by atoms with Gasteiger partial charge < -0.3 is 14.2 Å². The number of hydrogen-bond acceptors (Lipinski definition) is 8. The van der Waals surface area contributed by atoms with Gasteiger partial charge in [-0.1, -0.05) is 11.6 Å². The van der Waals surface area contributed by atoms with Crippen LogP contribution in [0.25, 0.3) is 6.08 Å². The minimum absolute atomic E-state index is 0.145. The summed E-state index contributed by atoms with van der Waals surface area (Å²) in [6, 6.07) is 9.51. The van der Waals surface area contributed by atoms with Crippen molar-refractivity contribution in [2.45, 2.75) is 20.0 Å². The van der Waals surface area contributed by atoms with Crippen molar-refractivity contribution in [2.24, 2.45) is 0 Å². The number of nitrogens with zero attached hydrogens (tertiary/aromatic N) is 1. The summed E-state index contributed by atoms with van der Waals surface area (Å²) in [4.78, 5) is 50.3. The molecular weight excluding hydrogens is 597 g/mol. The summed E-state index contributed by atoms with van der Waals surface area (Å²) >= 11 is 8.56. The first-order chi connectivity index (χ1) is 16.1. The third-order valence-corrected chi connectivity index (χ3v) is 6.31. The number of imide groups is 1.